The Morgan fingerprint density at radius 3 is 1.79 bits per heavy atom. The van der Waals surface area contributed by atoms with Crippen molar-refractivity contribution in [3.8, 4) is 11.5 Å². The summed E-state index contributed by atoms with van der Waals surface area (Å²) < 4.78 is 0. The fourth-order valence-electron chi connectivity index (χ4n) is 3.17. The minimum absolute atomic E-state index is 0.137. The van der Waals surface area contributed by atoms with Crippen molar-refractivity contribution >= 4 is 10.8 Å². The summed E-state index contributed by atoms with van der Waals surface area (Å²) in [5.41, 5.74) is 0. The first kappa shape index (κ1) is 10.8. The van der Waals surface area contributed by atoms with Gasteiger partial charge in [0, 0.05) is 10.8 Å². The third-order valence-corrected chi connectivity index (χ3v) is 4.14. The van der Waals surface area contributed by atoms with E-state index in [2.05, 4.69) is 9.98 Å². The van der Waals surface area contributed by atoms with Crippen LogP contribution in [0.3, 0.4) is 0 Å². The van der Waals surface area contributed by atoms with Gasteiger partial charge >= 0.3 is 0 Å². The molecule has 2 aromatic carbocycles. The van der Waals surface area contributed by atoms with E-state index in [0.717, 1.165) is 19.3 Å². The molecule has 2 N–H and O–H groups in total. The average Bonchev–Trinajstić information content (AvgIpc) is 2.90. The second-order valence-corrected chi connectivity index (χ2v) is 5.26. The number of hydrogen-bond acceptors (Lipinski definition) is 4. The number of phenolic OH excluding ortho intramolecular Hbond substituents is 2. The minimum Gasteiger partial charge on any atom is -0.505 e. The number of fused-ring (bicyclic) bond motifs is 3. The molecule has 1 saturated carbocycles. The lowest BCUT2D eigenvalue weighted by molar-refractivity contribution is 0.442. The molecule has 0 spiro atoms. The number of phenols is 2. The van der Waals surface area contributed by atoms with Gasteiger partial charge in [0.25, 0.3) is 0 Å². The second-order valence-electron chi connectivity index (χ2n) is 5.26. The first-order chi connectivity index (χ1) is 9.25. The molecule has 2 aliphatic rings. The number of rotatable bonds is 0. The van der Waals surface area contributed by atoms with Crippen LogP contribution < -0.4 is 10.7 Å². The van der Waals surface area contributed by atoms with Gasteiger partial charge in [0.1, 0.15) is 10.7 Å². The van der Waals surface area contributed by atoms with Crippen molar-refractivity contribution in [1.29, 1.82) is 0 Å². The van der Waals surface area contributed by atoms with Crippen LogP contribution in [0.25, 0.3) is 10.8 Å². The van der Waals surface area contributed by atoms with Crippen molar-refractivity contribution in [3.05, 3.63) is 35.0 Å². The molecule has 2 unspecified atom stereocenters. The van der Waals surface area contributed by atoms with Gasteiger partial charge in [-0.3, -0.25) is 9.98 Å². The Kier molecular flexibility index (Phi) is 2.10. The summed E-state index contributed by atoms with van der Waals surface area (Å²) in [6.45, 7) is 0. The Labute approximate surface area is 109 Å². The Balaban J connectivity index is 2.19. The quantitative estimate of drug-likeness (QED) is 0.698. The number of benzene rings is 2. The molecule has 1 aliphatic carbocycles. The minimum atomic E-state index is 0.137. The van der Waals surface area contributed by atoms with Gasteiger partial charge < -0.3 is 10.2 Å². The van der Waals surface area contributed by atoms with Crippen LogP contribution in [0.15, 0.2) is 34.3 Å². The number of hydrogen-bond donors (Lipinski definition) is 2. The van der Waals surface area contributed by atoms with Gasteiger partial charge in [0.2, 0.25) is 0 Å². The highest BCUT2D eigenvalue weighted by Crippen LogP contribution is 2.30. The summed E-state index contributed by atoms with van der Waals surface area (Å²) in [4.78, 5) is 9.23. The summed E-state index contributed by atoms with van der Waals surface area (Å²) in [5, 5.41) is 22.9. The van der Waals surface area contributed by atoms with E-state index >= 15 is 0 Å². The monoisotopic (exact) mass is 254 g/mol. The van der Waals surface area contributed by atoms with Crippen molar-refractivity contribution in [3.63, 3.8) is 0 Å². The first-order valence-corrected chi connectivity index (χ1v) is 6.64. The van der Waals surface area contributed by atoms with E-state index in [1.807, 2.05) is 12.1 Å². The van der Waals surface area contributed by atoms with Crippen LogP contribution >= 0.6 is 0 Å². The van der Waals surface area contributed by atoms with Gasteiger partial charge in [-0.1, -0.05) is 24.3 Å². The molecule has 0 aromatic heterocycles. The summed E-state index contributed by atoms with van der Waals surface area (Å²) >= 11 is 0. The van der Waals surface area contributed by atoms with E-state index in [1.165, 1.54) is 0 Å². The molecule has 1 fully saturated rings. The van der Waals surface area contributed by atoms with E-state index in [-0.39, 0.29) is 23.6 Å². The van der Waals surface area contributed by atoms with Crippen LogP contribution in [0.1, 0.15) is 19.3 Å². The van der Waals surface area contributed by atoms with Crippen molar-refractivity contribution < 1.29 is 10.2 Å². The average molecular weight is 254 g/mol. The van der Waals surface area contributed by atoms with Gasteiger partial charge in [-0.15, -0.1) is 0 Å². The van der Waals surface area contributed by atoms with Gasteiger partial charge in [0.15, 0.2) is 11.5 Å². The predicted molar refractivity (Wildman–Crippen MR) is 71.0 cm³/mol. The molecule has 0 bridgehead atoms. The Morgan fingerprint density at radius 2 is 1.32 bits per heavy atom. The van der Waals surface area contributed by atoms with Crippen LogP contribution in [-0.2, 0) is 0 Å². The Bertz CT molecular complexity index is 731. The highest BCUT2D eigenvalue weighted by atomic mass is 16.3. The van der Waals surface area contributed by atoms with E-state index < -0.39 is 0 Å². The van der Waals surface area contributed by atoms with E-state index in [1.54, 1.807) is 12.1 Å². The van der Waals surface area contributed by atoms with E-state index in [4.69, 9.17) is 0 Å². The lowest BCUT2D eigenvalue weighted by Crippen LogP contribution is -2.37. The van der Waals surface area contributed by atoms with Crippen LogP contribution in [-0.4, -0.2) is 22.3 Å². The summed E-state index contributed by atoms with van der Waals surface area (Å²) in [6, 6.07) is 7.60. The normalized spacial score (nSPS) is 24.4. The largest absolute Gasteiger partial charge is 0.505 e. The van der Waals surface area contributed by atoms with Gasteiger partial charge in [-0.25, -0.2) is 0 Å². The summed E-state index contributed by atoms with van der Waals surface area (Å²) in [5.74, 6) is 0.273. The third kappa shape index (κ3) is 1.40. The molecule has 0 radical (unpaired) electrons. The highest BCUT2D eigenvalue weighted by Gasteiger charge is 2.29. The molecule has 4 heteroatoms. The molecule has 19 heavy (non-hydrogen) atoms. The van der Waals surface area contributed by atoms with Crippen LogP contribution in [0.4, 0.5) is 0 Å². The van der Waals surface area contributed by atoms with Crippen molar-refractivity contribution in [1.82, 2.24) is 0 Å². The molecule has 4 nitrogen and oxygen atoms in total. The Morgan fingerprint density at radius 1 is 0.842 bits per heavy atom. The zero-order valence-corrected chi connectivity index (χ0v) is 10.4. The Hall–Kier alpha value is -2.10. The highest BCUT2D eigenvalue weighted by molar-refractivity contribution is 5.92. The van der Waals surface area contributed by atoms with Gasteiger partial charge in [0.05, 0.1) is 12.1 Å². The maximum atomic E-state index is 10.4. The topological polar surface area (TPSA) is 65.2 Å². The van der Waals surface area contributed by atoms with Gasteiger partial charge in [-0.2, -0.15) is 0 Å². The van der Waals surface area contributed by atoms with Crippen molar-refractivity contribution in [2.45, 2.75) is 31.3 Å². The molecular weight excluding hydrogens is 240 g/mol. The van der Waals surface area contributed by atoms with Crippen LogP contribution in [0.5, 0.6) is 11.5 Å². The van der Waals surface area contributed by atoms with Crippen molar-refractivity contribution in [2.24, 2.45) is 9.98 Å². The number of nitrogens with zero attached hydrogens (tertiary/aromatic N) is 2. The molecular formula is C15H14N2O2. The number of aromatic hydroxyl groups is 2. The second kappa shape index (κ2) is 3.70. The smallest absolute Gasteiger partial charge is 0.151 e. The summed E-state index contributed by atoms with van der Waals surface area (Å²) in [6.07, 6.45) is 3.14. The third-order valence-electron chi connectivity index (χ3n) is 4.14. The molecule has 2 atom stereocenters. The van der Waals surface area contributed by atoms with Gasteiger partial charge in [-0.05, 0) is 19.3 Å². The van der Waals surface area contributed by atoms with Crippen LogP contribution in [0.2, 0.25) is 0 Å². The molecule has 96 valence electrons. The molecule has 2 aromatic rings. The SMILES string of the molecule is Oc1c2c(c(O)c3ccccc13)=NC1CCCC1N=2. The zero-order valence-electron chi connectivity index (χ0n) is 10.4. The summed E-state index contributed by atoms with van der Waals surface area (Å²) in [7, 11) is 0. The molecule has 1 heterocycles. The predicted octanol–water partition coefficient (Wildman–Crippen LogP) is 1.42. The lowest BCUT2D eigenvalue weighted by Gasteiger charge is -2.17. The maximum Gasteiger partial charge on any atom is 0.151 e. The molecule has 0 saturated heterocycles. The molecule has 1 aliphatic heterocycles. The molecule has 0 amide bonds. The standard InChI is InChI=1S/C15H14N2O2/c18-14-8-4-1-2-5-9(8)15(19)13-12(14)16-10-6-3-7-11(10)17-13/h1-2,4-5,10-11,18-19H,3,6-7H2. The zero-order chi connectivity index (χ0) is 13.0. The molecule has 4 rings (SSSR count). The van der Waals surface area contributed by atoms with E-state index in [9.17, 15) is 10.2 Å². The fraction of sp³-hybridized carbons (Fsp3) is 0.333. The fourth-order valence-corrected chi connectivity index (χ4v) is 3.17. The lowest BCUT2D eigenvalue weighted by atomic mass is 10.1. The maximum absolute atomic E-state index is 10.4. The van der Waals surface area contributed by atoms with Crippen molar-refractivity contribution in [2.75, 3.05) is 0 Å². The van der Waals surface area contributed by atoms with E-state index in [0.29, 0.717) is 21.5 Å². The van der Waals surface area contributed by atoms with Crippen LogP contribution in [0, 0.1) is 0 Å². The first-order valence-electron chi connectivity index (χ1n) is 6.64.